The van der Waals surface area contributed by atoms with E-state index in [4.69, 9.17) is 10.5 Å². The molecule has 1 aliphatic rings. The molecule has 18 heavy (non-hydrogen) atoms. The van der Waals surface area contributed by atoms with E-state index in [1.165, 1.54) is 12.2 Å². The van der Waals surface area contributed by atoms with Crippen LogP contribution in [0.5, 0.6) is 0 Å². The highest BCUT2D eigenvalue weighted by molar-refractivity contribution is 7.98. The molecule has 1 rings (SSSR count). The van der Waals surface area contributed by atoms with Crippen LogP contribution in [-0.4, -0.2) is 54.3 Å². The number of thioether (sulfide) groups is 1. The monoisotopic (exact) mass is 274 g/mol. The van der Waals surface area contributed by atoms with Crippen LogP contribution in [-0.2, 0) is 4.74 Å². The molecule has 0 radical (unpaired) electrons. The van der Waals surface area contributed by atoms with E-state index in [0.29, 0.717) is 6.04 Å². The zero-order valence-corrected chi connectivity index (χ0v) is 13.5. The Morgan fingerprint density at radius 1 is 1.44 bits per heavy atom. The van der Waals surface area contributed by atoms with Gasteiger partial charge in [-0.3, -0.25) is 4.90 Å². The van der Waals surface area contributed by atoms with Gasteiger partial charge in [0.25, 0.3) is 0 Å². The second kappa shape index (κ2) is 6.60. The molecule has 0 aliphatic carbocycles. The molecule has 0 aromatic carbocycles. The molecule has 2 N–H and O–H groups in total. The minimum absolute atomic E-state index is 0.0505. The lowest BCUT2D eigenvalue weighted by Gasteiger charge is -2.51. The highest BCUT2D eigenvalue weighted by Gasteiger charge is 2.43. The van der Waals surface area contributed by atoms with Crippen LogP contribution in [0.4, 0.5) is 0 Å². The van der Waals surface area contributed by atoms with E-state index in [2.05, 4.69) is 39.0 Å². The summed E-state index contributed by atoms with van der Waals surface area (Å²) in [7, 11) is 2.24. The summed E-state index contributed by atoms with van der Waals surface area (Å²) in [4.78, 5) is 2.51. The van der Waals surface area contributed by atoms with Crippen molar-refractivity contribution in [3.8, 4) is 0 Å². The number of hydrogen-bond acceptors (Lipinski definition) is 4. The van der Waals surface area contributed by atoms with Crippen LogP contribution in [0.3, 0.4) is 0 Å². The van der Waals surface area contributed by atoms with E-state index < -0.39 is 0 Å². The van der Waals surface area contributed by atoms with Gasteiger partial charge < -0.3 is 10.5 Å². The van der Waals surface area contributed by atoms with Gasteiger partial charge >= 0.3 is 0 Å². The lowest BCUT2D eigenvalue weighted by Crippen LogP contribution is -2.61. The van der Waals surface area contributed by atoms with Crippen molar-refractivity contribution < 1.29 is 4.74 Å². The van der Waals surface area contributed by atoms with Gasteiger partial charge in [0, 0.05) is 24.7 Å². The summed E-state index contributed by atoms with van der Waals surface area (Å²) in [5.74, 6) is 1.21. The Balaban J connectivity index is 2.73. The third-order valence-corrected chi connectivity index (χ3v) is 4.99. The normalized spacial score (nSPS) is 29.5. The van der Waals surface area contributed by atoms with Crippen LogP contribution in [0.25, 0.3) is 0 Å². The maximum atomic E-state index is 6.12. The fourth-order valence-electron chi connectivity index (χ4n) is 3.02. The molecule has 0 spiro atoms. The lowest BCUT2D eigenvalue weighted by molar-refractivity contribution is -0.119. The molecule has 0 saturated carbocycles. The van der Waals surface area contributed by atoms with Crippen molar-refractivity contribution in [3.63, 3.8) is 0 Å². The largest absolute Gasteiger partial charge is 0.375 e. The van der Waals surface area contributed by atoms with Gasteiger partial charge in [0.2, 0.25) is 0 Å². The van der Waals surface area contributed by atoms with Gasteiger partial charge in [0.15, 0.2) is 0 Å². The maximum absolute atomic E-state index is 6.12. The number of nitrogens with zero attached hydrogens (tertiary/aromatic N) is 1. The first-order valence-electron chi connectivity index (χ1n) is 6.93. The maximum Gasteiger partial charge on any atom is 0.0644 e. The van der Waals surface area contributed by atoms with Gasteiger partial charge in [-0.2, -0.15) is 11.8 Å². The summed E-state index contributed by atoms with van der Waals surface area (Å²) in [6.45, 7) is 8.22. The van der Waals surface area contributed by atoms with Gasteiger partial charge in [-0.1, -0.05) is 0 Å². The molecule has 0 bridgehead atoms. The number of ether oxygens (including phenoxy) is 1. The molecule has 1 aliphatic heterocycles. The second-order valence-corrected chi connectivity index (χ2v) is 7.19. The number of likely N-dealkylation sites (N-methyl/N-ethyl adjacent to an activating group) is 1. The van der Waals surface area contributed by atoms with Crippen molar-refractivity contribution in [1.29, 1.82) is 0 Å². The van der Waals surface area contributed by atoms with E-state index in [0.717, 1.165) is 26.0 Å². The molecule has 1 heterocycles. The summed E-state index contributed by atoms with van der Waals surface area (Å²) >= 11 is 1.92. The molecule has 108 valence electrons. The van der Waals surface area contributed by atoms with Crippen LogP contribution in [0, 0.1) is 0 Å². The molecule has 3 nitrogen and oxygen atoms in total. The van der Waals surface area contributed by atoms with Crippen molar-refractivity contribution in [1.82, 2.24) is 4.90 Å². The molecule has 2 atom stereocenters. The van der Waals surface area contributed by atoms with Crippen molar-refractivity contribution in [2.45, 2.75) is 57.2 Å². The SMILES string of the molecule is CSCCC(C)N(C)C1(CN)CCOC(C)(C)C1. The predicted molar refractivity (Wildman–Crippen MR) is 81.3 cm³/mol. The van der Waals surface area contributed by atoms with E-state index in [1.54, 1.807) is 0 Å². The van der Waals surface area contributed by atoms with E-state index in [-0.39, 0.29) is 11.1 Å². The average molecular weight is 274 g/mol. The average Bonchev–Trinajstić information content (AvgIpc) is 2.33. The van der Waals surface area contributed by atoms with Gasteiger partial charge in [-0.15, -0.1) is 0 Å². The fourth-order valence-corrected chi connectivity index (χ4v) is 3.59. The Labute approximate surface area is 117 Å². The second-order valence-electron chi connectivity index (χ2n) is 6.20. The molecule has 0 aromatic rings. The zero-order chi connectivity index (χ0) is 13.8. The molecule has 1 fully saturated rings. The van der Waals surface area contributed by atoms with Crippen molar-refractivity contribution in [2.75, 3.05) is 32.2 Å². The van der Waals surface area contributed by atoms with Crippen LogP contribution in [0.15, 0.2) is 0 Å². The fraction of sp³-hybridized carbons (Fsp3) is 1.00. The highest BCUT2D eigenvalue weighted by Crippen LogP contribution is 2.36. The first-order chi connectivity index (χ1) is 8.37. The first-order valence-corrected chi connectivity index (χ1v) is 8.32. The minimum atomic E-state index is -0.0505. The Kier molecular flexibility index (Phi) is 5.97. The molecule has 4 heteroatoms. The summed E-state index contributed by atoms with van der Waals surface area (Å²) in [6.07, 6.45) is 5.47. The third kappa shape index (κ3) is 3.86. The van der Waals surface area contributed by atoms with E-state index >= 15 is 0 Å². The smallest absolute Gasteiger partial charge is 0.0644 e. The lowest BCUT2D eigenvalue weighted by atomic mass is 9.79. The Bertz CT molecular complexity index is 260. The van der Waals surface area contributed by atoms with Crippen LogP contribution < -0.4 is 5.73 Å². The summed E-state index contributed by atoms with van der Waals surface area (Å²) in [6, 6.07) is 0.579. The molecular formula is C14H30N2OS. The summed E-state index contributed by atoms with van der Waals surface area (Å²) < 4.78 is 5.85. The van der Waals surface area contributed by atoms with Crippen LogP contribution in [0.1, 0.15) is 40.0 Å². The standard InChI is InChI=1S/C14H30N2OS/c1-12(6-9-18-5)16(4)14(11-15)7-8-17-13(2,3)10-14/h12H,6-11,15H2,1-5H3. The Morgan fingerprint density at radius 3 is 2.61 bits per heavy atom. The first kappa shape index (κ1) is 16.3. The van der Waals surface area contributed by atoms with Gasteiger partial charge in [-0.25, -0.2) is 0 Å². The zero-order valence-electron chi connectivity index (χ0n) is 12.7. The quantitative estimate of drug-likeness (QED) is 0.807. The van der Waals surface area contributed by atoms with Crippen LogP contribution in [0.2, 0.25) is 0 Å². The van der Waals surface area contributed by atoms with E-state index in [9.17, 15) is 0 Å². The van der Waals surface area contributed by atoms with Gasteiger partial charge in [-0.05, 0) is 59.1 Å². The van der Waals surface area contributed by atoms with Crippen LogP contribution >= 0.6 is 11.8 Å². The van der Waals surface area contributed by atoms with Gasteiger partial charge in [0.05, 0.1) is 5.60 Å². The number of rotatable bonds is 6. The Morgan fingerprint density at radius 2 is 2.11 bits per heavy atom. The van der Waals surface area contributed by atoms with E-state index in [1.807, 2.05) is 11.8 Å². The van der Waals surface area contributed by atoms with Crippen molar-refractivity contribution in [2.24, 2.45) is 5.73 Å². The predicted octanol–water partition coefficient (Wildman–Crippen LogP) is 2.35. The van der Waals surface area contributed by atoms with Gasteiger partial charge in [0.1, 0.15) is 0 Å². The molecular weight excluding hydrogens is 244 g/mol. The topological polar surface area (TPSA) is 38.5 Å². The highest BCUT2D eigenvalue weighted by atomic mass is 32.2. The minimum Gasteiger partial charge on any atom is -0.375 e. The van der Waals surface area contributed by atoms with Crippen molar-refractivity contribution >= 4 is 11.8 Å². The molecule has 1 saturated heterocycles. The molecule has 2 unspecified atom stereocenters. The third-order valence-electron chi connectivity index (χ3n) is 4.34. The summed E-state index contributed by atoms with van der Waals surface area (Å²) in [5, 5.41) is 0. The number of nitrogens with two attached hydrogens (primary N) is 1. The van der Waals surface area contributed by atoms with Crippen molar-refractivity contribution in [3.05, 3.63) is 0 Å². The summed E-state index contributed by atoms with van der Waals surface area (Å²) in [5.41, 5.74) is 6.18. The number of hydrogen-bond donors (Lipinski definition) is 1. The Hall–Kier alpha value is 0.230. The molecule has 0 aromatic heterocycles. The molecule has 0 amide bonds.